The van der Waals surface area contributed by atoms with E-state index in [2.05, 4.69) is 55.0 Å². The van der Waals surface area contributed by atoms with Gasteiger partial charge in [-0.15, -0.1) is 0 Å². The lowest BCUT2D eigenvalue weighted by Gasteiger charge is -2.33. The number of pyridine rings is 2. The summed E-state index contributed by atoms with van der Waals surface area (Å²) >= 11 is 0. The van der Waals surface area contributed by atoms with Crippen LogP contribution in [0.3, 0.4) is 0 Å². The van der Waals surface area contributed by atoms with Crippen LogP contribution in [0.5, 0.6) is 0 Å². The van der Waals surface area contributed by atoms with Crippen LogP contribution in [0, 0.1) is 0 Å². The van der Waals surface area contributed by atoms with E-state index < -0.39 is 0 Å². The van der Waals surface area contributed by atoms with Crippen LogP contribution in [0.4, 0.5) is 17.2 Å². The minimum absolute atomic E-state index is 0.266. The number of carbonyl (C=O) groups is 1. The molecule has 0 spiro atoms. The zero-order valence-corrected chi connectivity index (χ0v) is 21.6. The molecule has 4 rings (SSSR count). The first kappa shape index (κ1) is 25.3. The number of carbonyl (C=O) groups excluding carboxylic acids is 1. The Balaban J connectivity index is 1.50. The molecular weight excluding hydrogens is 450 g/mol. The molecule has 8 nitrogen and oxygen atoms in total. The lowest BCUT2D eigenvalue weighted by atomic mass is 9.97. The summed E-state index contributed by atoms with van der Waals surface area (Å²) in [6, 6.07) is 12.0. The second kappa shape index (κ2) is 11.3. The molecule has 2 aromatic heterocycles. The van der Waals surface area contributed by atoms with E-state index in [-0.39, 0.29) is 5.91 Å². The molecule has 1 aliphatic rings. The number of likely N-dealkylation sites (N-methyl/N-ethyl adjacent to an activating group) is 1. The van der Waals surface area contributed by atoms with E-state index in [0.717, 1.165) is 66.5 Å². The number of nitrogens with zero attached hydrogens (tertiary/aromatic N) is 5. The van der Waals surface area contributed by atoms with Gasteiger partial charge in [0, 0.05) is 74.6 Å². The number of hydrogen-bond acceptors (Lipinski definition) is 7. The van der Waals surface area contributed by atoms with E-state index in [1.54, 1.807) is 6.20 Å². The molecule has 1 saturated heterocycles. The molecule has 8 heteroatoms. The number of aromatic nitrogens is 2. The SMILES string of the molecule is C=C(C(=O)Nc1ccc(N2CCN(C)CC2)nc1)c1cc(-c2cncc(CN(C)C)c2)ccc1NC. The molecule has 0 unspecified atom stereocenters. The topological polar surface area (TPSA) is 76.6 Å². The molecule has 0 atom stereocenters. The van der Waals surface area contributed by atoms with Crippen molar-refractivity contribution in [2.24, 2.45) is 0 Å². The summed E-state index contributed by atoms with van der Waals surface area (Å²) in [7, 11) is 8.03. The van der Waals surface area contributed by atoms with E-state index in [1.807, 2.05) is 63.9 Å². The Labute approximate surface area is 213 Å². The Bertz CT molecular complexity index is 1210. The third-order valence-corrected chi connectivity index (χ3v) is 6.35. The zero-order valence-electron chi connectivity index (χ0n) is 21.6. The third kappa shape index (κ3) is 6.08. The lowest BCUT2D eigenvalue weighted by molar-refractivity contribution is -0.111. The molecule has 0 bridgehead atoms. The van der Waals surface area contributed by atoms with Crippen LogP contribution in [0.15, 0.2) is 61.6 Å². The normalized spacial score (nSPS) is 14.1. The molecule has 3 heterocycles. The van der Waals surface area contributed by atoms with E-state index in [4.69, 9.17) is 0 Å². The van der Waals surface area contributed by atoms with Gasteiger partial charge in [-0.3, -0.25) is 9.78 Å². The van der Waals surface area contributed by atoms with E-state index >= 15 is 0 Å². The van der Waals surface area contributed by atoms with Crippen molar-refractivity contribution in [3.8, 4) is 11.1 Å². The summed E-state index contributed by atoms with van der Waals surface area (Å²) in [5.74, 6) is 0.660. The molecular formula is C28H35N7O. The van der Waals surface area contributed by atoms with Gasteiger partial charge in [0.2, 0.25) is 0 Å². The lowest BCUT2D eigenvalue weighted by Crippen LogP contribution is -2.44. The van der Waals surface area contributed by atoms with Gasteiger partial charge in [0.05, 0.1) is 11.9 Å². The average molecular weight is 486 g/mol. The van der Waals surface area contributed by atoms with Crippen LogP contribution < -0.4 is 15.5 Å². The van der Waals surface area contributed by atoms with Crippen molar-refractivity contribution in [3.05, 3.63) is 72.7 Å². The van der Waals surface area contributed by atoms with Gasteiger partial charge in [-0.05, 0) is 62.6 Å². The maximum Gasteiger partial charge on any atom is 0.255 e. The minimum atomic E-state index is -0.266. The molecule has 36 heavy (non-hydrogen) atoms. The molecule has 1 amide bonds. The molecule has 1 fully saturated rings. The quantitative estimate of drug-likeness (QED) is 0.472. The summed E-state index contributed by atoms with van der Waals surface area (Å²) in [6.45, 7) is 8.84. The molecule has 188 valence electrons. The predicted octanol–water partition coefficient (Wildman–Crippen LogP) is 3.65. The van der Waals surface area contributed by atoms with Gasteiger partial charge >= 0.3 is 0 Å². The first-order chi connectivity index (χ1) is 17.3. The molecule has 0 radical (unpaired) electrons. The molecule has 1 aliphatic heterocycles. The van der Waals surface area contributed by atoms with E-state index in [1.165, 1.54) is 0 Å². The molecule has 2 N–H and O–H groups in total. The van der Waals surface area contributed by atoms with Crippen LogP contribution in [-0.2, 0) is 11.3 Å². The molecule has 0 aliphatic carbocycles. The highest BCUT2D eigenvalue weighted by atomic mass is 16.1. The van der Waals surface area contributed by atoms with Crippen molar-refractivity contribution < 1.29 is 4.79 Å². The number of anilines is 3. The van der Waals surface area contributed by atoms with Crippen LogP contribution in [0.25, 0.3) is 16.7 Å². The predicted molar refractivity (Wildman–Crippen MR) is 148 cm³/mol. The van der Waals surface area contributed by atoms with Crippen molar-refractivity contribution in [1.29, 1.82) is 0 Å². The van der Waals surface area contributed by atoms with Crippen molar-refractivity contribution in [1.82, 2.24) is 19.8 Å². The van der Waals surface area contributed by atoms with Crippen molar-refractivity contribution in [2.75, 3.05) is 69.9 Å². The highest BCUT2D eigenvalue weighted by Gasteiger charge is 2.17. The number of benzene rings is 1. The monoisotopic (exact) mass is 485 g/mol. The molecule has 3 aromatic rings. The fourth-order valence-corrected chi connectivity index (χ4v) is 4.30. The Morgan fingerprint density at radius 1 is 1.03 bits per heavy atom. The third-order valence-electron chi connectivity index (χ3n) is 6.35. The Morgan fingerprint density at radius 3 is 2.47 bits per heavy atom. The van der Waals surface area contributed by atoms with Crippen LogP contribution in [0.2, 0.25) is 0 Å². The maximum atomic E-state index is 13.1. The fraction of sp³-hybridized carbons (Fsp3) is 0.321. The Morgan fingerprint density at radius 2 is 1.81 bits per heavy atom. The van der Waals surface area contributed by atoms with Crippen molar-refractivity contribution >= 4 is 28.7 Å². The zero-order chi connectivity index (χ0) is 25.7. The molecule has 0 saturated carbocycles. The van der Waals surface area contributed by atoms with Gasteiger partial charge in [0.15, 0.2) is 0 Å². The van der Waals surface area contributed by atoms with Gasteiger partial charge in [0.1, 0.15) is 5.82 Å². The maximum absolute atomic E-state index is 13.1. The van der Waals surface area contributed by atoms with Gasteiger partial charge in [-0.1, -0.05) is 12.6 Å². The standard InChI is InChI=1S/C28H35N7O/c1-20(28(36)32-24-7-9-27(31-18-24)35-12-10-34(5)11-13-35)25-15-22(6-8-26(25)29-2)23-14-21(16-30-17-23)19-33(3)4/h6-9,14-18,29H,1,10-13,19H2,2-5H3,(H,32,36). The average Bonchev–Trinajstić information content (AvgIpc) is 2.88. The number of hydrogen-bond donors (Lipinski definition) is 2. The summed E-state index contributed by atoms with van der Waals surface area (Å²) in [4.78, 5) is 28.8. The van der Waals surface area contributed by atoms with E-state index in [0.29, 0.717) is 11.3 Å². The van der Waals surface area contributed by atoms with Gasteiger partial charge in [0.25, 0.3) is 5.91 Å². The van der Waals surface area contributed by atoms with Crippen LogP contribution >= 0.6 is 0 Å². The smallest absolute Gasteiger partial charge is 0.255 e. The summed E-state index contributed by atoms with van der Waals surface area (Å²) < 4.78 is 0. The van der Waals surface area contributed by atoms with Crippen molar-refractivity contribution in [3.63, 3.8) is 0 Å². The minimum Gasteiger partial charge on any atom is -0.388 e. The number of piperazine rings is 1. The highest BCUT2D eigenvalue weighted by Crippen LogP contribution is 2.30. The Kier molecular flexibility index (Phi) is 7.97. The van der Waals surface area contributed by atoms with E-state index in [9.17, 15) is 4.79 Å². The molecule has 1 aromatic carbocycles. The first-order valence-corrected chi connectivity index (χ1v) is 12.1. The van der Waals surface area contributed by atoms with Crippen LogP contribution in [0.1, 0.15) is 11.1 Å². The fourth-order valence-electron chi connectivity index (χ4n) is 4.30. The second-order valence-electron chi connectivity index (χ2n) is 9.46. The summed E-state index contributed by atoms with van der Waals surface area (Å²) in [5.41, 5.74) is 5.69. The first-order valence-electron chi connectivity index (χ1n) is 12.1. The highest BCUT2D eigenvalue weighted by molar-refractivity contribution is 6.25. The number of nitrogens with one attached hydrogen (secondary N) is 2. The van der Waals surface area contributed by atoms with Crippen molar-refractivity contribution in [2.45, 2.75) is 6.54 Å². The van der Waals surface area contributed by atoms with Gasteiger partial charge in [-0.2, -0.15) is 0 Å². The van der Waals surface area contributed by atoms with Gasteiger partial charge < -0.3 is 25.3 Å². The summed E-state index contributed by atoms with van der Waals surface area (Å²) in [6.07, 6.45) is 5.42. The van der Waals surface area contributed by atoms with Crippen LogP contribution in [-0.4, -0.2) is 80.0 Å². The number of rotatable bonds is 8. The Hall–Kier alpha value is -3.75. The number of amides is 1. The largest absolute Gasteiger partial charge is 0.388 e. The second-order valence-corrected chi connectivity index (χ2v) is 9.46. The summed E-state index contributed by atoms with van der Waals surface area (Å²) in [5, 5.41) is 6.12. The van der Waals surface area contributed by atoms with Gasteiger partial charge in [-0.25, -0.2) is 4.98 Å².